The average Bonchev–Trinajstić information content (AvgIpc) is 2.45. The molecule has 0 saturated heterocycles. The van der Waals surface area contributed by atoms with Crippen LogP contribution in [0.2, 0.25) is 0 Å². The van der Waals surface area contributed by atoms with E-state index in [1.165, 1.54) is 6.07 Å². The highest BCUT2D eigenvalue weighted by Crippen LogP contribution is 2.27. The molecule has 1 atom stereocenters. The number of benzene rings is 2. The van der Waals surface area contributed by atoms with Crippen molar-refractivity contribution in [2.24, 2.45) is 0 Å². The SMILES string of the molecule is CCC(Nc1ccc([N+](=O)[O-])c(F)c1)c1ccc(O)cc1. The Morgan fingerprint density at radius 2 is 1.95 bits per heavy atom. The first kappa shape index (κ1) is 14.8. The molecule has 0 aromatic heterocycles. The second-order valence-electron chi connectivity index (χ2n) is 4.62. The van der Waals surface area contributed by atoms with E-state index in [2.05, 4.69) is 5.32 Å². The molecule has 0 saturated carbocycles. The van der Waals surface area contributed by atoms with Gasteiger partial charge >= 0.3 is 5.69 Å². The lowest BCUT2D eigenvalue weighted by molar-refractivity contribution is -0.387. The van der Waals surface area contributed by atoms with Crippen molar-refractivity contribution in [3.05, 3.63) is 64.0 Å². The zero-order chi connectivity index (χ0) is 15.4. The first-order chi connectivity index (χ1) is 10.0. The minimum absolute atomic E-state index is 0.0774. The molecule has 21 heavy (non-hydrogen) atoms. The molecule has 0 aliphatic carbocycles. The molecule has 0 spiro atoms. The monoisotopic (exact) mass is 290 g/mol. The van der Waals surface area contributed by atoms with E-state index in [-0.39, 0.29) is 11.8 Å². The predicted octanol–water partition coefficient (Wildman–Crippen LogP) is 4.00. The molecule has 0 heterocycles. The van der Waals surface area contributed by atoms with Crippen molar-refractivity contribution in [1.82, 2.24) is 0 Å². The predicted molar refractivity (Wildman–Crippen MR) is 77.8 cm³/mol. The molecule has 2 aromatic carbocycles. The molecule has 0 fully saturated rings. The first-order valence-electron chi connectivity index (χ1n) is 6.50. The topological polar surface area (TPSA) is 75.4 Å². The van der Waals surface area contributed by atoms with Crippen LogP contribution in [-0.2, 0) is 0 Å². The van der Waals surface area contributed by atoms with Gasteiger partial charge in [-0.2, -0.15) is 4.39 Å². The lowest BCUT2D eigenvalue weighted by Crippen LogP contribution is -2.09. The molecule has 110 valence electrons. The van der Waals surface area contributed by atoms with Crippen LogP contribution < -0.4 is 5.32 Å². The number of rotatable bonds is 5. The number of anilines is 1. The van der Waals surface area contributed by atoms with Gasteiger partial charge < -0.3 is 10.4 Å². The third-order valence-corrected chi connectivity index (χ3v) is 3.19. The highest BCUT2D eigenvalue weighted by atomic mass is 19.1. The van der Waals surface area contributed by atoms with Gasteiger partial charge in [-0.25, -0.2) is 0 Å². The third-order valence-electron chi connectivity index (χ3n) is 3.19. The maximum absolute atomic E-state index is 13.6. The number of hydrogen-bond acceptors (Lipinski definition) is 4. The Labute approximate surface area is 121 Å². The molecule has 5 nitrogen and oxygen atoms in total. The van der Waals surface area contributed by atoms with Gasteiger partial charge in [0.05, 0.1) is 11.0 Å². The highest BCUT2D eigenvalue weighted by molar-refractivity contribution is 5.51. The zero-order valence-corrected chi connectivity index (χ0v) is 11.4. The Morgan fingerprint density at radius 1 is 1.29 bits per heavy atom. The summed E-state index contributed by atoms with van der Waals surface area (Å²) >= 11 is 0. The van der Waals surface area contributed by atoms with Gasteiger partial charge in [-0.1, -0.05) is 19.1 Å². The van der Waals surface area contributed by atoms with E-state index >= 15 is 0 Å². The summed E-state index contributed by atoms with van der Waals surface area (Å²) in [5.41, 5.74) is 0.866. The van der Waals surface area contributed by atoms with Gasteiger partial charge in [0, 0.05) is 17.8 Å². The Morgan fingerprint density at radius 3 is 2.48 bits per heavy atom. The van der Waals surface area contributed by atoms with Crippen LogP contribution in [0.5, 0.6) is 5.75 Å². The van der Waals surface area contributed by atoms with Crippen LogP contribution in [0.4, 0.5) is 15.8 Å². The molecule has 2 N–H and O–H groups in total. The molecule has 2 rings (SSSR count). The summed E-state index contributed by atoms with van der Waals surface area (Å²) in [7, 11) is 0. The molecule has 6 heteroatoms. The van der Waals surface area contributed by atoms with Gasteiger partial charge in [0.25, 0.3) is 0 Å². The number of nitrogens with one attached hydrogen (secondary N) is 1. The average molecular weight is 290 g/mol. The fraction of sp³-hybridized carbons (Fsp3) is 0.200. The summed E-state index contributed by atoms with van der Waals surface area (Å²) in [5, 5.41) is 23.0. The normalized spacial score (nSPS) is 11.9. The molecular weight excluding hydrogens is 275 g/mol. The summed E-state index contributed by atoms with van der Waals surface area (Å²) in [6.45, 7) is 1.96. The van der Waals surface area contributed by atoms with E-state index in [9.17, 15) is 19.6 Å². The van der Waals surface area contributed by atoms with Crippen LogP contribution in [0.15, 0.2) is 42.5 Å². The number of nitro groups is 1. The largest absolute Gasteiger partial charge is 0.508 e. The Bertz CT molecular complexity index is 644. The lowest BCUT2D eigenvalue weighted by Gasteiger charge is -2.19. The van der Waals surface area contributed by atoms with Gasteiger partial charge in [0.1, 0.15) is 5.75 Å². The van der Waals surface area contributed by atoms with E-state index in [0.29, 0.717) is 5.69 Å². The zero-order valence-electron chi connectivity index (χ0n) is 11.4. The molecule has 0 bridgehead atoms. The second kappa shape index (κ2) is 6.21. The van der Waals surface area contributed by atoms with Crippen LogP contribution in [0.1, 0.15) is 24.9 Å². The third kappa shape index (κ3) is 3.47. The van der Waals surface area contributed by atoms with E-state index in [1.54, 1.807) is 24.3 Å². The smallest absolute Gasteiger partial charge is 0.304 e. The number of phenols is 1. The Balaban J connectivity index is 2.20. The summed E-state index contributed by atoms with van der Waals surface area (Å²) < 4.78 is 13.6. The van der Waals surface area contributed by atoms with Crippen molar-refractivity contribution in [3.8, 4) is 5.75 Å². The summed E-state index contributed by atoms with van der Waals surface area (Å²) in [4.78, 5) is 9.83. The van der Waals surface area contributed by atoms with Crippen LogP contribution >= 0.6 is 0 Å². The van der Waals surface area contributed by atoms with Crippen LogP contribution in [0, 0.1) is 15.9 Å². The summed E-state index contributed by atoms with van der Waals surface area (Å²) in [6, 6.07) is 10.4. The van der Waals surface area contributed by atoms with E-state index < -0.39 is 16.4 Å². The number of phenolic OH excluding ortho intramolecular Hbond substituents is 1. The van der Waals surface area contributed by atoms with Gasteiger partial charge in [0.15, 0.2) is 0 Å². The van der Waals surface area contributed by atoms with E-state index in [0.717, 1.165) is 24.1 Å². The number of nitro benzene ring substituents is 1. The Hall–Kier alpha value is -2.63. The Kier molecular flexibility index (Phi) is 4.37. The summed E-state index contributed by atoms with van der Waals surface area (Å²) in [6.07, 6.45) is 0.739. The summed E-state index contributed by atoms with van der Waals surface area (Å²) in [5.74, 6) is -0.694. The van der Waals surface area contributed by atoms with Crippen molar-refractivity contribution >= 4 is 11.4 Å². The minimum Gasteiger partial charge on any atom is -0.508 e. The van der Waals surface area contributed by atoms with E-state index in [1.807, 2.05) is 6.92 Å². The van der Waals surface area contributed by atoms with Gasteiger partial charge in [-0.15, -0.1) is 0 Å². The van der Waals surface area contributed by atoms with Crippen molar-refractivity contribution in [3.63, 3.8) is 0 Å². The first-order valence-corrected chi connectivity index (χ1v) is 6.50. The van der Waals surface area contributed by atoms with Crippen molar-refractivity contribution in [2.75, 3.05) is 5.32 Å². The molecule has 1 unspecified atom stereocenters. The molecule has 0 amide bonds. The lowest BCUT2D eigenvalue weighted by atomic mass is 10.0. The van der Waals surface area contributed by atoms with Crippen LogP contribution in [0.25, 0.3) is 0 Å². The van der Waals surface area contributed by atoms with E-state index in [4.69, 9.17) is 0 Å². The van der Waals surface area contributed by atoms with Crippen molar-refractivity contribution in [2.45, 2.75) is 19.4 Å². The molecule has 0 aliphatic heterocycles. The fourth-order valence-corrected chi connectivity index (χ4v) is 2.07. The van der Waals surface area contributed by atoms with Gasteiger partial charge in [0.2, 0.25) is 5.82 Å². The molecule has 0 radical (unpaired) electrons. The molecule has 0 aliphatic rings. The number of aromatic hydroxyl groups is 1. The van der Waals surface area contributed by atoms with Crippen LogP contribution in [0.3, 0.4) is 0 Å². The van der Waals surface area contributed by atoms with Gasteiger partial charge in [-0.05, 0) is 30.2 Å². The minimum atomic E-state index is -0.870. The highest BCUT2D eigenvalue weighted by Gasteiger charge is 2.15. The van der Waals surface area contributed by atoms with Crippen LogP contribution in [-0.4, -0.2) is 10.0 Å². The second-order valence-corrected chi connectivity index (χ2v) is 4.62. The molecular formula is C15H15FN2O3. The number of halogens is 1. The maximum Gasteiger partial charge on any atom is 0.304 e. The number of nitrogens with zero attached hydrogens (tertiary/aromatic N) is 1. The standard InChI is InChI=1S/C15H15FN2O3/c1-2-14(10-3-6-12(19)7-4-10)17-11-5-8-15(18(20)21)13(16)9-11/h3-9,14,17,19H,2H2,1H3. The van der Waals surface area contributed by atoms with Crippen molar-refractivity contribution < 1.29 is 14.4 Å². The van der Waals surface area contributed by atoms with Gasteiger partial charge in [-0.3, -0.25) is 10.1 Å². The maximum atomic E-state index is 13.6. The number of hydrogen-bond donors (Lipinski definition) is 2. The van der Waals surface area contributed by atoms with Crippen molar-refractivity contribution in [1.29, 1.82) is 0 Å². The quantitative estimate of drug-likeness (QED) is 0.644. The molecule has 2 aromatic rings. The fourth-order valence-electron chi connectivity index (χ4n) is 2.07.